The van der Waals surface area contributed by atoms with Crippen LogP contribution in [0.3, 0.4) is 0 Å². The Bertz CT molecular complexity index is 1280. The van der Waals surface area contributed by atoms with Gasteiger partial charge in [0.2, 0.25) is 0 Å². The van der Waals surface area contributed by atoms with Crippen molar-refractivity contribution < 1.29 is 24.0 Å². The number of nitrogens with zero attached hydrogens (tertiary/aromatic N) is 1. The normalized spacial score (nSPS) is 16.4. The van der Waals surface area contributed by atoms with Gasteiger partial charge in [-0.3, -0.25) is 14.8 Å². The van der Waals surface area contributed by atoms with Crippen molar-refractivity contribution in [1.82, 2.24) is 15.7 Å². The molecule has 3 aromatic rings. The summed E-state index contributed by atoms with van der Waals surface area (Å²) in [4.78, 5) is 26.4. The quantitative estimate of drug-likeness (QED) is 0.288. The lowest BCUT2D eigenvalue weighted by Crippen LogP contribution is -2.39. The SMILES string of the molecule is O=C(NO)c1ccc(C#CCNC(=O)c2cc3cc(OC4CCN(C5CC5)CC4)ccc3o2)cc1. The fourth-order valence-electron chi connectivity index (χ4n) is 4.32. The smallest absolute Gasteiger partial charge is 0.287 e. The minimum Gasteiger partial charge on any atom is -0.490 e. The maximum absolute atomic E-state index is 12.5. The number of hydroxylamine groups is 1. The number of likely N-dealkylation sites (tertiary alicyclic amines) is 1. The fourth-order valence-corrected chi connectivity index (χ4v) is 4.32. The van der Waals surface area contributed by atoms with Gasteiger partial charge in [-0.1, -0.05) is 11.8 Å². The molecule has 1 aliphatic carbocycles. The van der Waals surface area contributed by atoms with E-state index in [1.165, 1.54) is 12.8 Å². The van der Waals surface area contributed by atoms with E-state index >= 15 is 0 Å². The Hall–Kier alpha value is -3.80. The minimum atomic E-state index is -0.588. The predicted octanol–water partition coefficient (Wildman–Crippen LogP) is 3.34. The molecular formula is C27H27N3O5. The second-order valence-electron chi connectivity index (χ2n) is 8.90. The van der Waals surface area contributed by atoms with Crippen LogP contribution in [-0.4, -0.2) is 53.7 Å². The summed E-state index contributed by atoms with van der Waals surface area (Å²) in [5, 5.41) is 12.2. The molecule has 180 valence electrons. The summed E-state index contributed by atoms with van der Waals surface area (Å²) in [6.07, 6.45) is 4.98. The van der Waals surface area contributed by atoms with E-state index in [0.717, 1.165) is 43.1 Å². The highest BCUT2D eigenvalue weighted by Crippen LogP contribution is 2.31. The van der Waals surface area contributed by atoms with Crippen molar-refractivity contribution in [2.75, 3.05) is 19.6 Å². The number of rotatable bonds is 6. The lowest BCUT2D eigenvalue weighted by atomic mass is 10.1. The minimum absolute atomic E-state index is 0.142. The average molecular weight is 474 g/mol. The van der Waals surface area contributed by atoms with Gasteiger partial charge in [0.1, 0.15) is 17.4 Å². The number of carbonyl (C=O) groups is 2. The van der Waals surface area contributed by atoms with Crippen LogP contribution in [0, 0.1) is 11.8 Å². The summed E-state index contributed by atoms with van der Waals surface area (Å²) in [7, 11) is 0. The monoisotopic (exact) mass is 473 g/mol. The Balaban J connectivity index is 1.14. The Morgan fingerprint density at radius 2 is 1.80 bits per heavy atom. The molecule has 0 radical (unpaired) electrons. The molecule has 0 atom stereocenters. The van der Waals surface area contributed by atoms with Gasteiger partial charge in [-0.15, -0.1) is 0 Å². The first-order valence-corrected chi connectivity index (χ1v) is 11.8. The highest BCUT2D eigenvalue weighted by molar-refractivity contribution is 5.96. The van der Waals surface area contributed by atoms with Crippen molar-refractivity contribution in [3.05, 3.63) is 65.4 Å². The molecule has 2 aliphatic rings. The number of fused-ring (bicyclic) bond motifs is 1. The first-order valence-electron chi connectivity index (χ1n) is 11.8. The van der Waals surface area contributed by atoms with Gasteiger partial charge >= 0.3 is 0 Å². The highest BCUT2D eigenvalue weighted by Gasteiger charge is 2.32. The zero-order valence-corrected chi connectivity index (χ0v) is 19.3. The number of hydrogen-bond donors (Lipinski definition) is 3. The van der Waals surface area contributed by atoms with E-state index in [-0.39, 0.29) is 24.3 Å². The van der Waals surface area contributed by atoms with Crippen LogP contribution in [0.15, 0.2) is 52.9 Å². The van der Waals surface area contributed by atoms with Gasteiger partial charge in [0, 0.05) is 35.6 Å². The summed E-state index contributed by atoms with van der Waals surface area (Å²) >= 11 is 0. The third-order valence-electron chi connectivity index (χ3n) is 6.37. The molecule has 1 aliphatic heterocycles. The van der Waals surface area contributed by atoms with Gasteiger partial charge in [0.25, 0.3) is 11.8 Å². The maximum Gasteiger partial charge on any atom is 0.287 e. The Labute approximate surface area is 203 Å². The molecule has 5 rings (SSSR count). The number of carbonyl (C=O) groups excluding carboxylic acids is 2. The number of hydrogen-bond acceptors (Lipinski definition) is 6. The van der Waals surface area contributed by atoms with E-state index < -0.39 is 5.91 Å². The largest absolute Gasteiger partial charge is 0.490 e. The van der Waals surface area contributed by atoms with Crippen molar-refractivity contribution in [3.63, 3.8) is 0 Å². The molecule has 1 saturated carbocycles. The van der Waals surface area contributed by atoms with Crippen molar-refractivity contribution in [2.45, 2.75) is 37.8 Å². The molecule has 0 unspecified atom stereocenters. The number of ether oxygens (including phenoxy) is 1. The molecule has 2 fully saturated rings. The third-order valence-corrected chi connectivity index (χ3v) is 6.37. The Morgan fingerprint density at radius 1 is 1.03 bits per heavy atom. The molecule has 2 aromatic carbocycles. The zero-order chi connectivity index (χ0) is 24.2. The summed E-state index contributed by atoms with van der Waals surface area (Å²) in [5.74, 6) is 5.86. The molecule has 2 heterocycles. The standard InChI is InChI=1S/C27H27N3O5/c31-26(29-33)19-5-3-18(4-6-19)2-1-13-28-27(32)25-17-20-16-23(9-10-24(20)35-25)34-22-11-14-30(15-12-22)21-7-8-21/h3-6,9-10,16-17,21-22,33H,7-8,11-15H2,(H,28,32)(H,29,31). The topological polar surface area (TPSA) is 104 Å². The number of nitrogens with one attached hydrogen (secondary N) is 2. The third kappa shape index (κ3) is 5.65. The number of benzene rings is 2. The first-order chi connectivity index (χ1) is 17.1. The van der Waals surface area contributed by atoms with E-state index in [2.05, 4.69) is 22.1 Å². The molecule has 1 aromatic heterocycles. The van der Waals surface area contributed by atoms with Crippen LogP contribution >= 0.6 is 0 Å². The molecule has 0 bridgehead atoms. The van der Waals surface area contributed by atoms with Gasteiger partial charge in [-0.2, -0.15) is 0 Å². The average Bonchev–Trinajstić information content (AvgIpc) is 3.65. The summed E-state index contributed by atoms with van der Waals surface area (Å²) in [6.45, 7) is 2.34. The molecule has 35 heavy (non-hydrogen) atoms. The second kappa shape index (κ2) is 10.2. The Morgan fingerprint density at radius 3 is 2.51 bits per heavy atom. The van der Waals surface area contributed by atoms with Crippen LogP contribution < -0.4 is 15.5 Å². The van der Waals surface area contributed by atoms with Crippen molar-refractivity contribution >= 4 is 22.8 Å². The van der Waals surface area contributed by atoms with Crippen LogP contribution in [0.25, 0.3) is 11.0 Å². The maximum atomic E-state index is 12.5. The summed E-state index contributed by atoms with van der Waals surface area (Å²) < 4.78 is 11.9. The van der Waals surface area contributed by atoms with E-state index in [1.807, 2.05) is 18.2 Å². The summed E-state index contributed by atoms with van der Waals surface area (Å²) in [6, 6.07) is 14.6. The van der Waals surface area contributed by atoms with Gasteiger partial charge in [0.15, 0.2) is 5.76 Å². The molecule has 0 spiro atoms. The molecule has 2 amide bonds. The predicted molar refractivity (Wildman–Crippen MR) is 129 cm³/mol. The second-order valence-corrected chi connectivity index (χ2v) is 8.90. The lowest BCUT2D eigenvalue weighted by molar-refractivity contribution is 0.0706. The van der Waals surface area contributed by atoms with Gasteiger partial charge < -0.3 is 19.4 Å². The first kappa shape index (κ1) is 23.0. The molecular weight excluding hydrogens is 446 g/mol. The van der Waals surface area contributed by atoms with E-state index in [4.69, 9.17) is 14.4 Å². The Kier molecular flexibility index (Phi) is 6.70. The fraction of sp³-hybridized carbons (Fsp3) is 0.333. The molecule has 8 nitrogen and oxygen atoms in total. The highest BCUT2D eigenvalue weighted by atomic mass is 16.5. The number of piperidine rings is 1. The number of amides is 2. The van der Waals surface area contributed by atoms with Crippen LogP contribution in [0.5, 0.6) is 5.75 Å². The van der Waals surface area contributed by atoms with Gasteiger partial charge in [0.05, 0.1) is 6.54 Å². The van der Waals surface area contributed by atoms with E-state index in [0.29, 0.717) is 16.7 Å². The van der Waals surface area contributed by atoms with Crippen LogP contribution in [-0.2, 0) is 0 Å². The van der Waals surface area contributed by atoms with Crippen molar-refractivity contribution in [3.8, 4) is 17.6 Å². The number of furan rings is 1. The van der Waals surface area contributed by atoms with Gasteiger partial charge in [-0.25, -0.2) is 5.48 Å². The van der Waals surface area contributed by atoms with Crippen molar-refractivity contribution in [2.24, 2.45) is 0 Å². The molecule has 3 N–H and O–H groups in total. The van der Waals surface area contributed by atoms with E-state index in [1.54, 1.807) is 35.8 Å². The van der Waals surface area contributed by atoms with Crippen LogP contribution in [0.4, 0.5) is 0 Å². The zero-order valence-electron chi connectivity index (χ0n) is 19.3. The lowest BCUT2D eigenvalue weighted by Gasteiger charge is -2.32. The van der Waals surface area contributed by atoms with Gasteiger partial charge in [-0.05, 0) is 74.2 Å². The summed E-state index contributed by atoms with van der Waals surface area (Å²) in [5.41, 5.74) is 3.21. The van der Waals surface area contributed by atoms with E-state index in [9.17, 15) is 9.59 Å². The molecule has 1 saturated heterocycles. The molecule has 8 heteroatoms. The van der Waals surface area contributed by atoms with Crippen LogP contribution in [0.2, 0.25) is 0 Å². The van der Waals surface area contributed by atoms with Crippen molar-refractivity contribution in [1.29, 1.82) is 0 Å². The van der Waals surface area contributed by atoms with Crippen LogP contribution in [0.1, 0.15) is 52.2 Å².